The maximum atomic E-state index is 11.0. The van der Waals surface area contributed by atoms with E-state index >= 15 is 0 Å². The Labute approximate surface area is 174 Å². The lowest BCUT2D eigenvalue weighted by Crippen LogP contribution is -2.31. The van der Waals surface area contributed by atoms with Gasteiger partial charge in [0.1, 0.15) is 0 Å². The average molecular weight is 420 g/mol. The summed E-state index contributed by atoms with van der Waals surface area (Å²) in [6.45, 7) is 2.59. The van der Waals surface area contributed by atoms with Crippen LogP contribution in [0.2, 0.25) is 0 Å². The molecule has 9 heteroatoms. The molecule has 2 atom stereocenters. The van der Waals surface area contributed by atoms with Crippen LogP contribution in [0.1, 0.15) is 30.6 Å². The third-order valence-corrected chi connectivity index (χ3v) is 3.93. The van der Waals surface area contributed by atoms with Crippen molar-refractivity contribution in [1.29, 1.82) is 0 Å². The van der Waals surface area contributed by atoms with Crippen molar-refractivity contribution in [2.24, 2.45) is 0 Å². The Morgan fingerprint density at radius 3 is 2.17 bits per heavy atom. The summed E-state index contributed by atoms with van der Waals surface area (Å²) in [4.78, 5) is 32.7. The van der Waals surface area contributed by atoms with Gasteiger partial charge in [0.25, 0.3) is 0 Å². The van der Waals surface area contributed by atoms with Gasteiger partial charge in [0, 0.05) is 37.0 Å². The zero-order valence-corrected chi connectivity index (χ0v) is 16.6. The van der Waals surface area contributed by atoms with E-state index in [-0.39, 0.29) is 11.0 Å². The van der Waals surface area contributed by atoms with E-state index in [2.05, 4.69) is 29.4 Å². The number of benzene rings is 1. The number of carboxylic acid groups (broad SMARTS) is 2. The van der Waals surface area contributed by atoms with Gasteiger partial charge in [-0.1, -0.05) is 30.3 Å². The second-order valence-electron chi connectivity index (χ2n) is 6.35. The number of hydrogen-bond acceptors (Lipinski definition) is 5. The Bertz CT molecular complexity index is 813. The third kappa shape index (κ3) is 12.2. The number of aryl methyl sites for hydroxylation is 1. The maximum absolute atomic E-state index is 11.0. The fraction of sp³-hybridized carbons (Fsp3) is 0.286. The Balaban J connectivity index is 0.000000801. The molecule has 1 aromatic carbocycles. The number of aliphatic hydroxyl groups excluding tert-OH is 1. The maximum Gasteiger partial charge on any atom is 0.328 e. The first-order valence-corrected chi connectivity index (χ1v) is 9.06. The number of aliphatic hydroxyl groups is 1. The number of aromatic amines is 1. The lowest BCUT2D eigenvalue weighted by Gasteiger charge is -2.17. The Kier molecular flexibility index (Phi) is 13.1. The standard InChI is InChI=1S/C17H22N2O2.C4H4O4.H2O/c1-13(7-8-14-5-3-2-4-6-14)18-12-16(20)15-9-10-17(21)19-11-15;5-3(6)1-2-4(7)8;/h2-6,9-11,13,16,18,20H,7-8,12H2,1H3,(H,19,21);1-2H,(H,5,6)(H,7,8);1H2. The van der Waals surface area contributed by atoms with Crippen LogP contribution in [0.4, 0.5) is 0 Å². The van der Waals surface area contributed by atoms with E-state index in [0.717, 1.165) is 18.4 Å². The molecule has 0 amide bonds. The molecule has 1 heterocycles. The average Bonchev–Trinajstić information content (AvgIpc) is 2.70. The van der Waals surface area contributed by atoms with Crippen molar-refractivity contribution in [3.8, 4) is 0 Å². The van der Waals surface area contributed by atoms with Crippen LogP contribution in [0.5, 0.6) is 0 Å². The molecule has 164 valence electrons. The van der Waals surface area contributed by atoms with Crippen molar-refractivity contribution in [3.05, 3.63) is 82.3 Å². The molecule has 2 aromatic rings. The molecule has 0 aliphatic rings. The molecule has 0 saturated carbocycles. The zero-order valence-electron chi connectivity index (χ0n) is 16.6. The van der Waals surface area contributed by atoms with Crippen LogP contribution in [0.25, 0.3) is 0 Å². The number of aliphatic carboxylic acids is 2. The summed E-state index contributed by atoms with van der Waals surface area (Å²) in [5.41, 5.74) is 1.89. The van der Waals surface area contributed by atoms with Gasteiger partial charge in [-0.2, -0.15) is 0 Å². The number of H-pyrrole nitrogens is 1. The number of rotatable bonds is 9. The second-order valence-corrected chi connectivity index (χ2v) is 6.35. The van der Waals surface area contributed by atoms with Crippen LogP contribution in [-0.2, 0) is 16.0 Å². The molecular formula is C21H28N2O7. The van der Waals surface area contributed by atoms with E-state index in [4.69, 9.17) is 10.2 Å². The summed E-state index contributed by atoms with van der Waals surface area (Å²) in [5, 5.41) is 29.0. The molecule has 0 aliphatic heterocycles. The molecule has 0 aliphatic carbocycles. The summed E-state index contributed by atoms with van der Waals surface area (Å²) >= 11 is 0. The fourth-order valence-corrected chi connectivity index (χ4v) is 2.33. The van der Waals surface area contributed by atoms with Gasteiger partial charge in [-0.05, 0) is 37.0 Å². The minimum atomic E-state index is -1.26. The van der Waals surface area contributed by atoms with Gasteiger partial charge in [-0.15, -0.1) is 0 Å². The van der Waals surface area contributed by atoms with E-state index in [9.17, 15) is 19.5 Å². The molecule has 0 bridgehead atoms. The van der Waals surface area contributed by atoms with Crippen LogP contribution >= 0.6 is 0 Å². The summed E-state index contributed by atoms with van der Waals surface area (Å²) in [6, 6.07) is 13.8. The molecule has 2 rings (SSSR count). The SMILES string of the molecule is CC(CCc1ccccc1)NCC(O)c1ccc(=O)[nH]c1.O.O=C(O)C=CC(=O)O. The van der Waals surface area contributed by atoms with Crippen molar-refractivity contribution in [3.63, 3.8) is 0 Å². The molecule has 9 nitrogen and oxygen atoms in total. The Hall–Kier alpha value is -3.27. The molecule has 30 heavy (non-hydrogen) atoms. The number of hydrogen-bond donors (Lipinski definition) is 5. The van der Waals surface area contributed by atoms with E-state index in [1.165, 1.54) is 11.6 Å². The first kappa shape index (κ1) is 26.7. The highest BCUT2D eigenvalue weighted by Gasteiger charge is 2.09. The molecule has 0 fully saturated rings. The van der Waals surface area contributed by atoms with Gasteiger partial charge < -0.3 is 31.1 Å². The lowest BCUT2D eigenvalue weighted by molar-refractivity contribution is -0.134. The van der Waals surface area contributed by atoms with Gasteiger partial charge >= 0.3 is 11.9 Å². The van der Waals surface area contributed by atoms with Crippen LogP contribution < -0.4 is 10.9 Å². The highest BCUT2D eigenvalue weighted by molar-refractivity contribution is 5.89. The second kappa shape index (κ2) is 14.7. The molecule has 0 saturated heterocycles. The highest BCUT2D eigenvalue weighted by atomic mass is 16.4. The smallest absolute Gasteiger partial charge is 0.328 e. The number of pyridine rings is 1. The largest absolute Gasteiger partial charge is 0.478 e. The van der Waals surface area contributed by atoms with E-state index in [0.29, 0.717) is 24.7 Å². The predicted octanol–water partition coefficient (Wildman–Crippen LogP) is 0.906. The van der Waals surface area contributed by atoms with Crippen molar-refractivity contribution in [2.45, 2.75) is 31.9 Å². The van der Waals surface area contributed by atoms with Gasteiger partial charge in [0.2, 0.25) is 5.56 Å². The highest BCUT2D eigenvalue weighted by Crippen LogP contribution is 2.10. The van der Waals surface area contributed by atoms with Gasteiger partial charge in [-0.3, -0.25) is 4.79 Å². The summed E-state index contributed by atoms with van der Waals surface area (Å²) in [5.74, 6) is -2.51. The van der Waals surface area contributed by atoms with Crippen LogP contribution in [0, 0.1) is 0 Å². The summed E-state index contributed by atoms with van der Waals surface area (Å²) < 4.78 is 0. The molecular weight excluding hydrogens is 392 g/mol. The topological polar surface area (TPSA) is 171 Å². The van der Waals surface area contributed by atoms with Crippen LogP contribution in [0.15, 0.2) is 65.6 Å². The number of carbonyl (C=O) groups is 2. The summed E-state index contributed by atoms with van der Waals surface area (Å²) in [7, 11) is 0. The number of carboxylic acids is 2. The van der Waals surface area contributed by atoms with Crippen LogP contribution in [-0.4, -0.2) is 50.3 Å². The van der Waals surface area contributed by atoms with Crippen molar-refractivity contribution in [2.75, 3.05) is 6.54 Å². The summed E-state index contributed by atoms with van der Waals surface area (Å²) in [6.07, 6.45) is 4.10. The van der Waals surface area contributed by atoms with Crippen molar-refractivity contribution in [1.82, 2.24) is 10.3 Å². The Morgan fingerprint density at radius 1 is 1.07 bits per heavy atom. The first-order chi connectivity index (χ1) is 13.8. The normalized spacial score (nSPS) is 12.2. The minimum Gasteiger partial charge on any atom is -0.478 e. The van der Waals surface area contributed by atoms with E-state index < -0.39 is 18.0 Å². The zero-order chi connectivity index (χ0) is 21.6. The molecule has 1 aromatic heterocycles. The molecule has 2 unspecified atom stereocenters. The van der Waals surface area contributed by atoms with Gasteiger partial charge in [0.05, 0.1) is 6.10 Å². The van der Waals surface area contributed by atoms with Gasteiger partial charge in [0.15, 0.2) is 0 Å². The minimum absolute atomic E-state index is 0. The number of aromatic nitrogens is 1. The van der Waals surface area contributed by atoms with Crippen molar-refractivity contribution >= 4 is 11.9 Å². The van der Waals surface area contributed by atoms with E-state index in [1.54, 1.807) is 12.3 Å². The van der Waals surface area contributed by atoms with Crippen molar-refractivity contribution < 1.29 is 30.4 Å². The third-order valence-electron chi connectivity index (χ3n) is 3.93. The molecule has 0 radical (unpaired) electrons. The fourth-order valence-electron chi connectivity index (χ4n) is 2.33. The quantitative estimate of drug-likeness (QED) is 0.375. The Morgan fingerprint density at radius 2 is 1.67 bits per heavy atom. The molecule has 7 N–H and O–H groups in total. The first-order valence-electron chi connectivity index (χ1n) is 9.06. The van der Waals surface area contributed by atoms with Gasteiger partial charge in [-0.25, -0.2) is 9.59 Å². The lowest BCUT2D eigenvalue weighted by atomic mass is 10.1. The van der Waals surface area contributed by atoms with Crippen LogP contribution in [0.3, 0.4) is 0 Å². The predicted molar refractivity (Wildman–Crippen MR) is 112 cm³/mol. The monoisotopic (exact) mass is 420 g/mol. The number of nitrogens with one attached hydrogen (secondary N) is 2. The molecule has 0 spiro atoms. The van der Waals surface area contributed by atoms with E-state index in [1.807, 2.05) is 18.2 Å².